The predicted octanol–water partition coefficient (Wildman–Crippen LogP) is 2.93. The van der Waals surface area contributed by atoms with Gasteiger partial charge < -0.3 is 9.94 Å². The monoisotopic (exact) mass is 434 g/mol. The summed E-state index contributed by atoms with van der Waals surface area (Å²) in [6.07, 6.45) is 2.18. The van der Waals surface area contributed by atoms with Crippen LogP contribution in [-0.2, 0) is 13.0 Å². The Balaban J connectivity index is 1.30. The number of thiazole rings is 1. The standard InChI is InChI=1S/C22H18N4O4S/c1-30-13-9-10-16-17(12-13)31-18(23-16)8-4-5-11-25-20-19(24-26(25)29)21(27)14-6-2-3-7-15(14)22(20)28/h2-3,6-7,9-10,12H,4-5,8,11H2,1H3. The van der Waals surface area contributed by atoms with Gasteiger partial charge >= 0.3 is 0 Å². The molecule has 1 aliphatic carbocycles. The van der Waals surface area contributed by atoms with Gasteiger partial charge in [-0.05, 0) is 37.5 Å². The number of ketones is 2. The highest BCUT2D eigenvalue weighted by Gasteiger charge is 2.38. The number of carbonyl (C=O) groups excluding carboxylic acids is 2. The van der Waals surface area contributed by atoms with Gasteiger partial charge in [-0.1, -0.05) is 24.3 Å². The van der Waals surface area contributed by atoms with Gasteiger partial charge in [0.15, 0.2) is 5.69 Å². The van der Waals surface area contributed by atoms with Crippen LogP contribution < -0.4 is 9.70 Å². The summed E-state index contributed by atoms with van der Waals surface area (Å²) in [7, 11) is 1.64. The highest BCUT2D eigenvalue weighted by atomic mass is 32.1. The number of unbranched alkanes of at least 4 members (excludes halogenated alkanes) is 1. The normalized spacial score (nSPS) is 12.8. The lowest BCUT2D eigenvalue weighted by Gasteiger charge is -2.12. The number of rotatable bonds is 6. The fraction of sp³-hybridized carbons (Fsp3) is 0.227. The van der Waals surface area contributed by atoms with E-state index in [9.17, 15) is 14.8 Å². The van der Waals surface area contributed by atoms with Crippen LogP contribution in [0.3, 0.4) is 0 Å². The van der Waals surface area contributed by atoms with Crippen molar-refractivity contribution in [1.82, 2.24) is 14.8 Å². The van der Waals surface area contributed by atoms with Gasteiger partial charge in [-0.15, -0.1) is 16.0 Å². The van der Waals surface area contributed by atoms with E-state index in [2.05, 4.69) is 10.1 Å². The Morgan fingerprint density at radius 1 is 1.10 bits per heavy atom. The van der Waals surface area contributed by atoms with E-state index < -0.39 is 5.78 Å². The smallest absolute Gasteiger partial charge is 0.220 e. The summed E-state index contributed by atoms with van der Waals surface area (Å²) >= 11 is 1.62. The molecule has 0 spiro atoms. The van der Waals surface area contributed by atoms with E-state index in [1.165, 1.54) is 4.68 Å². The van der Waals surface area contributed by atoms with E-state index in [0.717, 1.165) is 33.8 Å². The van der Waals surface area contributed by atoms with Crippen LogP contribution in [0.4, 0.5) is 0 Å². The lowest BCUT2D eigenvalue weighted by atomic mass is 9.90. The third-order valence-corrected chi connectivity index (χ3v) is 6.45. The fourth-order valence-electron chi connectivity index (χ4n) is 3.83. The molecule has 0 N–H and O–H groups in total. The molecule has 0 amide bonds. The van der Waals surface area contributed by atoms with Crippen LogP contribution in [-0.4, -0.2) is 33.4 Å². The lowest BCUT2D eigenvalue weighted by Crippen LogP contribution is -2.41. The molecule has 0 bridgehead atoms. The first-order chi connectivity index (χ1) is 15.1. The molecule has 0 unspecified atom stereocenters. The zero-order chi connectivity index (χ0) is 21.5. The van der Waals surface area contributed by atoms with Gasteiger partial charge in [-0.2, -0.15) is 0 Å². The Morgan fingerprint density at radius 2 is 1.87 bits per heavy atom. The highest BCUT2D eigenvalue weighted by Crippen LogP contribution is 2.28. The molecule has 1 aliphatic rings. The minimum Gasteiger partial charge on any atom is -0.571 e. The third-order valence-electron chi connectivity index (χ3n) is 5.37. The van der Waals surface area contributed by atoms with Crippen LogP contribution in [0.2, 0.25) is 0 Å². The maximum Gasteiger partial charge on any atom is 0.220 e. The molecule has 0 saturated heterocycles. The summed E-state index contributed by atoms with van der Waals surface area (Å²) in [5.74, 6) is 0.0687. The maximum atomic E-state index is 12.9. The molecule has 5 rings (SSSR count). The zero-order valence-corrected chi connectivity index (χ0v) is 17.5. The molecule has 8 nitrogen and oxygen atoms in total. The first-order valence-corrected chi connectivity index (χ1v) is 10.7. The van der Waals surface area contributed by atoms with Gasteiger partial charge in [0, 0.05) is 21.2 Å². The van der Waals surface area contributed by atoms with Crippen LogP contribution in [0, 0.1) is 5.21 Å². The van der Waals surface area contributed by atoms with Crippen molar-refractivity contribution in [1.29, 1.82) is 0 Å². The molecule has 156 valence electrons. The Morgan fingerprint density at radius 3 is 2.65 bits per heavy atom. The molecule has 0 saturated carbocycles. The molecule has 9 heteroatoms. The van der Waals surface area contributed by atoms with E-state index in [4.69, 9.17) is 4.74 Å². The number of aromatic nitrogens is 4. The number of hydrogen-bond donors (Lipinski definition) is 0. The molecule has 4 aromatic rings. The van der Waals surface area contributed by atoms with Gasteiger partial charge in [0.25, 0.3) is 0 Å². The van der Waals surface area contributed by atoms with Crippen LogP contribution >= 0.6 is 11.3 Å². The summed E-state index contributed by atoms with van der Waals surface area (Å²) in [5.41, 5.74) is 1.54. The van der Waals surface area contributed by atoms with Crippen molar-refractivity contribution in [3.8, 4) is 5.75 Å². The summed E-state index contributed by atoms with van der Waals surface area (Å²) in [4.78, 5) is 30.6. The molecule has 2 aromatic carbocycles. The quantitative estimate of drug-likeness (QED) is 0.231. The van der Waals surface area contributed by atoms with Gasteiger partial charge in [0.1, 0.15) is 5.75 Å². The molecule has 2 heterocycles. The molecule has 0 fully saturated rings. The van der Waals surface area contributed by atoms with Crippen molar-refractivity contribution in [2.75, 3.05) is 7.11 Å². The Kier molecular flexibility index (Phi) is 4.74. The Hall–Kier alpha value is -3.59. The SMILES string of the molecule is COc1ccc2nc(CCCCn3c4c(n[n+]3[O-])C(=O)c3ccccc3C4=O)sc2c1. The van der Waals surface area contributed by atoms with Crippen LogP contribution in [0.15, 0.2) is 42.5 Å². The number of ether oxygens (including phenoxy) is 1. The summed E-state index contributed by atoms with van der Waals surface area (Å²) < 4.78 is 7.58. The summed E-state index contributed by atoms with van der Waals surface area (Å²) in [6.45, 7) is 0.297. The second-order valence-corrected chi connectivity index (χ2v) is 8.39. The van der Waals surface area contributed by atoms with E-state index in [0.29, 0.717) is 23.5 Å². The van der Waals surface area contributed by atoms with Gasteiger partial charge in [0.2, 0.25) is 17.3 Å². The van der Waals surface area contributed by atoms with Gasteiger partial charge in [-0.3, -0.25) is 9.59 Å². The number of fused-ring (bicyclic) bond motifs is 3. The minimum atomic E-state index is -0.390. The lowest BCUT2D eigenvalue weighted by molar-refractivity contribution is -0.749. The Labute approximate surface area is 181 Å². The average molecular weight is 434 g/mol. The average Bonchev–Trinajstić information content (AvgIpc) is 3.35. The van der Waals surface area contributed by atoms with Gasteiger partial charge in [0.05, 0.1) is 28.9 Å². The molecule has 31 heavy (non-hydrogen) atoms. The number of methoxy groups -OCH3 is 1. The van der Waals surface area contributed by atoms with Crippen LogP contribution in [0.25, 0.3) is 10.2 Å². The molecule has 0 atom stereocenters. The zero-order valence-electron chi connectivity index (χ0n) is 16.7. The first-order valence-electron chi connectivity index (χ1n) is 9.89. The summed E-state index contributed by atoms with van der Waals surface area (Å²) in [5, 5.41) is 17.1. The predicted molar refractivity (Wildman–Crippen MR) is 114 cm³/mol. The molecule has 0 radical (unpaired) electrons. The van der Waals surface area contributed by atoms with E-state index >= 15 is 0 Å². The fourth-order valence-corrected chi connectivity index (χ4v) is 4.87. The largest absolute Gasteiger partial charge is 0.571 e. The van der Waals surface area contributed by atoms with Crippen molar-refractivity contribution in [3.05, 3.63) is 75.2 Å². The Bertz CT molecular complexity index is 1340. The van der Waals surface area contributed by atoms with Crippen molar-refractivity contribution in [3.63, 3.8) is 0 Å². The number of hydrogen-bond acceptors (Lipinski definition) is 7. The van der Waals surface area contributed by atoms with E-state index in [-0.39, 0.29) is 22.7 Å². The van der Waals surface area contributed by atoms with Crippen LogP contribution in [0.1, 0.15) is 50.0 Å². The van der Waals surface area contributed by atoms with E-state index in [1.54, 1.807) is 42.7 Å². The molecular formula is C22H18N4O4S. The van der Waals surface area contributed by atoms with Gasteiger partial charge in [-0.25, -0.2) is 4.98 Å². The summed E-state index contributed by atoms with van der Waals surface area (Å²) in [6, 6.07) is 12.4. The van der Waals surface area contributed by atoms with Crippen molar-refractivity contribution in [2.24, 2.45) is 0 Å². The maximum absolute atomic E-state index is 12.9. The third kappa shape index (κ3) is 3.27. The minimum absolute atomic E-state index is 0.0705. The van der Waals surface area contributed by atoms with Crippen LogP contribution in [0.5, 0.6) is 5.75 Å². The number of aryl methyl sites for hydroxylation is 1. The molecule has 0 aliphatic heterocycles. The molecular weight excluding hydrogens is 416 g/mol. The highest BCUT2D eigenvalue weighted by molar-refractivity contribution is 7.18. The van der Waals surface area contributed by atoms with Crippen molar-refractivity contribution >= 4 is 33.1 Å². The number of nitrogens with zero attached hydrogens (tertiary/aromatic N) is 4. The second-order valence-electron chi connectivity index (χ2n) is 7.28. The topological polar surface area (TPSA) is 101 Å². The van der Waals surface area contributed by atoms with Crippen molar-refractivity contribution in [2.45, 2.75) is 25.8 Å². The molecule has 2 aromatic heterocycles. The first kappa shape index (κ1) is 19.4. The number of benzene rings is 2. The van der Waals surface area contributed by atoms with Crippen molar-refractivity contribution < 1.29 is 19.3 Å². The second kappa shape index (κ2) is 7.59. The number of carbonyl (C=O) groups is 2. The van der Waals surface area contributed by atoms with E-state index in [1.807, 2.05) is 18.2 Å².